The van der Waals surface area contributed by atoms with Crippen LogP contribution >= 0.6 is 11.6 Å². The molecule has 1 rings (SSSR count). The number of nitrogens with zero attached hydrogens (tertiary/aromatic N) is 1. The number of alkyl halides is 3. The molecule has 7 heteroatoms. The smallest absolute Gasteiger partial charge is 0.404 e. The van der Waals surface area contributed by atoms with E-state index in [1.807, 2.05) is 0 Å². The quantitative estimate of drug-likeness (QED) is 0.901. The van der Waals surface area contributed by atoms with Gasteiger partial charge in [-0.05, 0) is 31.7 Å². The highest BCUT2D eigenvalue weighted by atomic mass is 35.5. The van der Waals surface area contributed by atoms with E-state index in [-0.39, 0.29) is 0 Å². The van der Waals surface area contributed by atoms with Gasteiger partial charge in [0, 0.05) is 11.1 Å². The zero-order valence-corrected chi connectivity index (χ0v) is 11.7. The molecule has 0 aliphatic rings. The molecule has 1 N–H and O–H groups in total. The first-order valence-corrected chi connectivity index (χ1v) is 6.26. The van der Waals surface area contributed by atoms with Crippen molar-refractivity contribution in [2.45, 2.75) is 31.6 Å². The lowest BCUT2D eigenvalue weighted by atomic mass is 10.0. The normalized spacial score (nSPS) is 15.2. The third-order valence-electron chi connectivity index (χ3n) is 3.18. The summed E-state index contributed by atoms with van der Waals surface area (Å²) in [4.78, 5) is 11.6. The molecule has 0 heterocycles. The highest BCUT2D eigenvalue weighted by molar-refractivity contribution is 6.30. The van der Waals surface area contributed by atoms with Crippen molar-refractivity contribution in [1.29, 1.82) is 0 Å². The minimum absolute atomic E-state index is 0.421. The fourth-order valence-electron chi connectivity index (χ4n) is 1.93. The standard InChI is InChI=1S/C13H15ClF3NO2/c1-8(9-4-3-5-10(14)6-9)18(2)11(7-12(19)20)13(15,16)17/h3-6,8,11H,7H2,1-2H3,(H,19,20). The summed E-state index contributed by atoms with van der Waals surface area (Å²) in [5, 5.41) is 9.07. The Morgan fingerprint density at radius 1 is 1.45 bits per heavy atom. The highest BCUT2D eigenvalue weighted by Gasteiger charge is 2.44. The van der Waals surface area contributed by atoms with Crippen molar-refractivity contribution in [1.82, 2.24) is 4.90 Å². The van der Waals surface area contributed by atoms with E-state index in [0.717, 1.165) is 4.90 Å². The number of carbonyl (C=O) groups is 1. The lowest BCUT2D eigenvalue weighted by Crippen LogP contribution is -2.46. The van der Waals surface area contributed by atoms with E-state index in [2.05, 4.69) is 0 Å². The molecule has 0 bridgehead atoms. The van der Waals surface area contributed by atoms with Gasteiger partial charge in [0.2, 0.25) is 0 Å². The van der Waals surface area contributed by atoms with E-state index < -0.39 is 30.7 Å². The average molecular weight is 310 g/mol. The third kappa shape index (κ3) is 4.38. The second kappa shape index (κ2) is 6.45. The van der Waals surface area contributed by atoms with Crippen LogP contribution in [0.3, 0.4) is 0 Å². The number of benzene rings is 1. The van der Waals surface area contributed by atoms with Gasteiger partial charge >= 0.3 is 12.1 Å². The van der Waals surface area contributed by atoms with Crippen molar-refractivity contribution in [3.8, 4) is 0 Å². The molecule has 3 nitrogen and oxygen atoms in total. The molecule has 2 atom stereocenters. The van der Waals surface area contributed by atoms with Crippen molar-refractivity contribution < 1.29 is 23.1 Å². The van der Waals surface area contributed by atoms with Crippen molar-refractivity contribution in [2.75, 3.05) is 7.05 Å². The van der Waals surface area contributed by atoms with Crippen LogP contribution in [-0.2, 0) is 4.79 Å². The van der Waals surface area contributed by atoms with E-state index in [9.17, 15) is 18.0 Å². The second-order valence-electron chi connectivity index (χ2n) is 4.55. The van der Waals surface area contributed by atoms with Crippen LogP contribution in [0, 0.1) is 0 Å². The number of hydrogen-bond donors (Lipinski definition) is 1. The maximum absolute atomic E-state index is 13.0. The van der Waals surface area contributed by atoms with Crippen LogP contribution in [0.25, 0.3) is 0 Å². The van der Waals surface area contributed by atoms with Crippen molar-refractivity contribution in [2.24, 2.45) is 0 Å². The molecule has 0 spiro atoms. The largest absolute Gasteiger partial charge is 0.481 e. The first-order valence-electron chi connectivity index (χ1n) is 5.89. The summed E-state index contributed by atoms with van der Waals surface area (Å²) in [6, 6.07) is 3.82. The molecule has 0 fully saturated rings. The van der Waals surface area contributed by atoms with Crippen LogP contribution in [0.5, 0.6) is 0 Å². The van der Waals surface area contributed by atoms with Gasteiger partial charge in [0.05, 0.1) is 6.42 Å². The maximum atomic E-state index is 13.0. The number of hydrogen-bond acceptors (Lipinski definition) is 2. The summed E-state index contributed by atoms with van der Waals surface area (Å²) in [6.45, 7) is 1.58. The first-order chi connectivity index (χ1) is 9.12. The summed E-state index contributed by atoms with van der Waals surface area (Å²) in [6.07, 6.45) is -5.61. The predicted octanol–water partition coefficient (Wildman–Crippen LogP) is 3.74. The van der Waals surface area contributed by atoms with Crippen molar-refractivity contribution in [3.63, 3.8) is 0 Å². The van der Waals surface area contributed by atoms with Gasteiger partial charge in [0.1, 0.15) is 6.04 Å². The van der Waals surface area contributed by atoms with Crippen molar-refractivity contribution >= 4 is 17.6 Å². The SMILES string of the molecule is CC(c1cccc(Cl)c1)N(C)C(CC(=O)O)C(F)(F)F. The Morgan fingerprint density at radius 3 is 2.50 bits per heavy atom. The summed E-state index contributed by atoms with van der Waals surface area (Å²) in [5.41, 5.74) is 0.597. The van der Waals surface area contributed by atoms with Gasteiger partial charge in [-0.25, -0.2) is 0 Å². The minimum Gasteiger partial charge on any atom is -0.481 e. The predicted molar refractivity (Wildman–Crippen MR) is 69.7 cm³/mol. The maximum Gasteiger partial charge on any atom is 0.404 e. The van der Waals surface area contributed by atoms with Gasteiger partial charge in [0.15, 0.2) is 0 Å². The monoisotopic (exact) mass is 309 g/mol. The Hall–Kier alpha value is -1.27. The Balaban J connectivity index is 2.99. The number of rotatable bonds is 5. The zero-order valence-electron chi connectivity index (χ0n) is 11.0. The van der Waals surface area contributed by atoms with Crippen LogP contribution in [0.1, 0.15) is 24.9 Å². The summed E-state index contributed by atoms with van der Waals surface area (Å²) in [5.74, 6) is -1.49. The summed E-state index contributed by atoms with van der Waals surface area (Å²) in [7, 11) is 1.26. The van der Waals surface area contributed by atoms with Crippen LogP contribution in [-0.4, -0.2) is 35.2 Å². The molecule has 0 aromatic heterocycles. The van der Waals surface area contributed by atoms with Crippen LogP contribution in [0.15, 0.2) is 24.3 Å². The molecule has 0 aliphatic carbocycles. The van der Waals surface area contributed by atoms with Crippen LogP contribution in [0.2, 0.25) is 5.02 Å². The number of carboxylic acid groups (broad SMARTS) is 1. The third-order valence-corrected chi connectivity index (χ3v) is 3.41. The van der Waals surface area contributed by atoms with E-state index in [0.29, 0.717) is 10.6 Å². The van der Waals surface area contributed by atoms with Crippen LogP contribution < -0.4 is 0 Å². The van der Waals surface area contributed by atoms with E-state index >= 15 is 0 Å². The Morgan fingerprint density at radius 2 is 2.05 bits per heavy atom. The number of carboxylic acids is 1. The molecule has 1 aromatic carbocycles. The highest BCUT2D eigenvalue weighted by Crippen LogP contribution is 2.32. The second-order valence-corrected chi connectivity index (χ2v) is 4.99. The fraction of sp³-hybridized carbons (Fsp3) is 0.462. The van der Waals surface area contributed by atoms with E-state index in [1.54, 1.807) is 31.2 Å². The van der Waals surface area contributed by atoms with Gasteiger partial charge in [-0.2, -0.15) is 13.2 Å². The summed E-state index contributed by atoms with van der Waals surface area (Å²) >= 11 is 5.81. The van der Waals surface area contributed by atoms with Gasteiger partial charge in [-0.1, -0.05) is 23.7 Å². The molecule has 0 amide bonds. The Kier molecular flexibility index (Phi) is 5.42. The van der Waals surface area contributed by atoms with Crippen LogP contribution in [0.4, 0.5) is 13.2 Å². The Labute approximate surface area is 120 Å². The van der Waals surface area contributed by atoms with Gasteiger partial charge in [-0.3, -0.25) is 9.69 Å². The molecule has 2 unspecified atom stereocenters. The van der Waals surface area contributed by atoms with Gasteiger partial charge in [-0.15, -0.1) is 0 Å². The molecule has 20 heavy (non-hydrogen) atoms. The molecule has 0 saturated carbocycles. The summed E-state index contributed by atoms with van der Waals surface area (Å²) < 4.78 is 38.9. The van der Waals surface area contributed by atoms with Gasteiger partial charge < -0.3 is 5.11 Å². The molecule has 0 aliphatic heterocycles. The van der Waals surface area contributed by atoms with Crippen molar-refractivity contribution in [3.05, 3.63) is 34.9 Å². The first kappa shape index (κ1) is 16.8. The molecule has 1 aromatic rings. The molecular weight excluding hydrogens is 295 g/mol. The van der Waals surface area contributed by atoms with E-state index in [4.69, 9.17) is 16.7 Å². The van der Waals surface area contributed by atoms with E-state index in [1.165, 1.54) is 7.05 Å². The molecular formula is C13H15ClF3NO2. The molecule has 112 valence electrons. The van der Waals surface area contributed by atoms with Gasteiger partial charge in [0.25, 0.3) is 0 Å². The average Bonchev–Trinajstić information content (AvgIpc) is 2.32. The zero-order chi connectivity index (χ0) is 15.5. The molecule has 0 radical (unpaired) electrons. The fourth-order valence-corrected chi connectivity index (χ4v) is 2.13. The molecule has 0 saturated heterocycles. The topological polar surface area (TPSA) is 40.5 Å². The lowest BCUT2D eigenvalue weighted by Gasteiger charge is -2.33. The minimum atomic E-state index is -4.61. The number of halogens is 4. The number of aliphatic carboxylic acids is 1. The lowest BCUT2D eigenvalue weighted by molar-refractivity contribution is -0.192. The Bertz CT molecular complexity index is 479.